The Morgan fingerprint density at radius 3 is 2.96 bits per heavy atom. The van der Waals surface area contributed by atoms with E-state index in [0.717, 1.165) is 22.3 Å². The van der Waals surface area contributed by atoms with Crippen molar-refractivity contribution in [3.8, 4) is 0 Å². The first-order chi connectivity index (χ1) is 12.6. The lowest BCUT2D eigenvalue weighted by atomic mass is 10.3. The van der Waals surface area contributed by atoms with Crippen LogP contribution in [0.25, 0.3) is 16.3 Å². The molecule has 8 heteroatoms. The van der Waals surface area contributed by atoms with E-state index >= 15 is 0 Å². The predicted molar refractivity (Wildman–Crippen MR) is 100 cm³/mol. The fourth-order valence-electron chi connectivity index (χ4n) is 2.39. The van der Waals surface area contributed by atoms with Gasteiger partial charge >= 0.3 is 0 Å². The van der Waals surface area contributed by atoms with Crippen LogP contribution in [0.5, 0.6) is 0 Å². The van der Waals surface area contributed by atoms with Gasteiger partial charge in [0.05, 0.1) is 16.8 Å². The Hall–Kier alpha value is -2.16. The molecule has 0 aliphatic carbocycles. The second-order valence-corrected chi connectivity index (χ2v) is 7.25. The first kappa shape index (κ1) is 18.6. The minimum Gasteiger partial charge on any atom is -0.380 e. The largest absolute Gasteiger partial charge is 0.380 e. The van der Waals surface area contributed by atoms with Crippen LogP contribution in [0.15, 0.2) is 40.7 Å². The fraction of sp³-hybridized carbons (Fsp3) is 0.222. The molecule has 0 fully saturated rings. The molecule has 0 bridgehead atoms. The molecule has 0 aliphatic heterocycles. The fourth-order valence-corrected chi connectivity index (χ4v) is 4.11. The average molecular weight is 394 g/mol. The van der Waals surface area contributed by atoms with Crippen molar-refractivity contribution in [1.82, 2.24) is 4.57 Å². The summed E-state index contributed by atoms with van der Waals surface area (Å²) in [5.41, 5.74) is 0.227. The molecule has 1 aromatic carbocycles. The third-order valence-electron chi connectivity index (χ3n) is 3.50. The molecule has 0 atom stereocenters. The van der Waals surface area contributed by atoms with E-state index in [1.165, 1.54) is 23.5 Å². The van der Waals surface area contributed by atoms with Crippen molar-refractivity contribution >= 4 is 44.9 Å². The Morgan fingerprint density at radius 2 is 2.23 bits per heavy atom. The van der Waals surface area contributed by atoms with Gasteiger partial charge in [0.2, 0.25) is 0 Å². The van der Waals surface area contributed by atoms with Crippen LogP contribution >= 0.6 is 22.7 Å². The molecule has 1 amide bonds. The topological polar surface area (TPSA) is 43.6 Å². The maximum absolute atomic E-state index is 14.3. The quantitative estimate of drug-likeness (QED) is 0.464. The number of ether oxygens (including phenoxy) is 1. The van der Waals surface area contributed by atoms with Crippen molar-refractivity contribution in [2.45, 2.75) is 13.5 Å². The van der Waals surface area contributed by atoms with Crippen LogP contribution in [0.2, 0.25) is 0 Å². The summed E-state index contributed by atoms with van der Waals surface area (Å²) in [6.45, 7) is 3.04. The Bertz CT molecular complexity index is 1000. The summed E-state index contributed by atoms with van der Waals surface area (Å²) in [5.74, 6) is -1.81. The van der Waals surface area contributed by atoms with E-state index in [1.807, 2.05) is 24.4 Å². The number of hydrogen-bond acceptors (Lipinski definition) is 4. The number of thiophene rings is 1. The number of benzene rings is 1. The minimum atomic E-state index is -0.684. The molecular formula is C18H16F2N2O2S2. The van der Waals surface area contributed by atoms with E-state index in [2.05, 4.69) is 4.99 Å². The molecule has 0 spiro atoms. The molecule has 0 radical (unpaired) electrons. The predicted octanol–water partition coefficient (Wildman–Crippen LogP) is 4.22. The van der Waals surface area contributed by atoms with Crippen molar-refractivity contribution in [3.05, 3.63) is 57.0 Å². The number of amides is 1. The molecule has 3 rings (SSSR count). The Labute approximate surface area is 156 Å². The summed E-state index contributed by atoms with van der Waals surface area (Å²) >= 11 is 2.57. The van der Waals surface area contributed by atoms with Crippen molar-refractivity contribution < 1.29 is 18.3 Å². The van der Waals surface area contributed by atoms with Crippen LogP contribution in [-0.4, -0.2) is 23.7 Å². The van der Waals surface area contributed by atoms with Gasteiger partial charge in [0.15, 0.2) is 10.6 Å². The average Bonchev–Trinajstić information content (AvgIpc) is 3.21. The van der Waals surface area contributed by atoms with Gasteiger partial charge in [-0.1, -0.05) is 17.4 Å². The maximum atomic E-state index is 14.3. The van der Waals surface area contributed by atoms with Crippen LogP contribution in [0, 0.1) is 11.6 Å². The number of halogens is 2. The third-order valence-corrected chi connectivity index (χ3v) is 5.36. The van der Waals surface area contributed by atoms with Gasteiger partial charge in [-0.25, -0.2) is 8.78 Å². The highest BCUT2D eigenvalue weighted by Crippen LogP contribution is 2.22. The van der Waals surface area contributed by atoms with Crippen molar-refractivity contribution in [2.75, 3.05) is 13.2 Å². The first-order valence-electron chi connectivity index (χ1n) is 7.95. The van der Waals surface area contributed by atoms with E-state index in [9.17, 15) is 13.6 Å². The SMILES string of the molecule is CCOCCn1c(=NC(=O)/C=C/c2cccs2)sc2cc(F)cc(F)c21. The summed E-state index contributed by atoms with van der Waals surface area (Å²) in [4.78, 5) is 17.5. The molecule has 4 nitrogen and oxygen atoms in total. The highest BCUT2D eigenvalue weighted by atomic mass is 32.1. The molecule has 0 unspecified atom stereocenters. The highest BCUT2D eigenvalue weighted by molar-refractivity contribution is 7.16. The summed E-state index contributed by atoms with van der Waals surface area (Å²) < 4.78 is 35.1. The first-order valence-corrected chi connectivity index (χ1v) is 9.64. The standard InChI is InChI=1S/C18H16F2N2O2S2/c1-2-24-8-7-22-17-14(20)10-12(19)11-15(17)26-18(22)21-16(23)6-5-13-4-3-9-25-13/h3-6,9-11H,2,7-8H2,1H3/b6-5+,21-18?. The van der Waals surface area contributed by atoms with Gasteiger partial charge in [0, 0.05) is 30.2 Å². The lowest BCUT2D eigenvalue weighted by Gasteiger charge is -2.06. The summed E-state index contributed by atoms with van der Waals surface area (Å²) in [7, 11) is 0. The van der Waals surface area contributed by atoms with E-state index in [1.54, 1.807) is 10.6 Å². The number of carbonyl (C=O) groups is 1. The molecule has 0 N–H and O–H groups in total. The number of aromatic nitrogens is 1. The van der Waals surface area contributed by atoms with Crippen LogP contribution in [0.3, 0.4) is 0 Å². The van der Waals surface area contributed by atoms with Gasteiger partial charge in [-0.2, -0.15) is 4.99 Å². The number of carbonyl (C=O) groups excluding carboxylic acids is 1. The molecule has 2 aromatic heterocycles. The molecule has 0 saturated carbocycles. The third kappa shape index (κ3) is 4.32. The van der Waals surface area contributed by atoms with Gasteiger partial charge in [-0.05, 0) is 30.5 Å². The van der Waals surface area contributed by atoms with Gasteiger partial charge in [0.1, 0.15) is 5.82 Å². The number of nitrogens with zero attached hydrogens (tertiary/aromatic N) is 2. The zero-order valence-electron chi connectivity index (χ0n) is 13.9. The lowest BCUT2D eigenvalue weighted by Crippen LogP contribution is -2.19. The van der Waals surface area contributed by atoms with E-state index < -0.39 is 17.5 Å². The molecular weight excluding hydrogens is 378 g/mol. The van der Waals surface area contributed by atoms with Crippen LogP contribution in [-0.2, 0) is 16.1 Å². The molecule has 26 heavy (non-hydrogen) atoms. The highest BCUT2D eigenvalue weighted by Gasteiger charge is 2.13. The number of hydrogen-bond donors (Lipinski definition) is 0. The van der Waals surface area contributed by atoms with Crippen LogP contribution < -0.4 is 4.80 Å². The maximum Gasteiger partial charge on any atom is 0.272 e. The van der Waals surface area contributed by atoms with E-state index in [0.29, 0.717) is 29.3 Å². The lowest BCUT2D eigenvalue weighted by molar-refractivity contribution is -0.113. The molecule has 2 heterocycles. The van der Waals surface area contributed by atoms with Crippen LogP contribution in [0.1, 0.15) is 11.8 Å². The van der Waals surface area contributed by atoms with Crippen molar-refractivity contribution in [2.24, 2.45) is 4.99 Å². The zero-order chi connectivity index (χ0) is 18.5. The number of rotatable bonds is 6. The molecule has 0 aliphatic rings. The second kappa shape index (κ2) is 8.48. The Balaban J connectivity index is 2.01. The van der Waals surface area contributed by atoms with Gasteiger partial charge in [0.25, 0.3) is 5.91 Å². The van der Waals surface area contributed by atoms with Gasteiger partial charge in [-0.15, -0.1) is 11.3 Å². The number of thiazole rings is 1. The smallest absolute Gasteiger partial charge is 0.272 e. The Kier molecular flexibility index (Phi) is 6.08. The van der Waals surface area contributed by atoms with Gasteiger partial charge < -0.3 is 9.30 Å². The van der Waals surface area contributed by atoms with E-state index in [4.69, 9.17) is 4.74 Å². The van der Waals surface area contributed by atoms with Crippen molar-refractivity contribution in [1.29, 1.82) is 0 Å². The molecule has 136 valence electrons. The summed E-state index contributed by atoms with van der Waals surface area (Å²) in [6, 6.07) is 5.84. The van der Waals surface area contributed by atoms with Crippen molar-refractivity contribution in [3.63, 3.8) is 0 Å². The van der Waals surface area contributed by atoms with Gasteiger partial charge in [-0.3, -0.25) is 4.79 Å². The zero-order valence-corrected chi connectivity index (χ0v) is 15.6. The van der Waals surface area contributed by atoms with Crippen LogP contribution in [0.4, 0.5) is 8.78 Å². The number of fused-ring (bicyclic) bond motifs is 1. The van der Waals surface area contributed by atoms with E-state index in [-0.39, 0.29) is 5.52 Å². The summed E-state index contributed by atoms with van der Waals surface area (Å²) in [5, 5.41) is 1.91. The summed E-state index contributed by atoms with van der Waals surface area (Å²) in [6.07, 6.45) is 3.04. The monoisotopic (exact) mass is 394 g/mol. The molecule has 0 saturated heterocycles. The Morgan fingerprint density at radius 1 is 1.38 bits per heavy atom. The minimum absolute atomic E-state index is 0.227. The second-order valence-electron chi connectivity index (χ2n) is 5.27. The normalized spacial score (nSPS) is 12.5. The molecule has 3 aromatic rings.